The largest absolute Gasteiger partial charge is 0.281 e. The van der Waals surface area contributed by atoms with E-state index in [0.29, 0.717) is 40.1 Å². The molecule has 5 aromatic heterocycles. The van der Waals surface area contributed by atoms with Crippen molar-refractivity contribution in [2.75, 3.05) is 0 Å². The van der Waals surface area contributed by atoms with Gasteiger partial charge in [0.15, 0.2) is 5.82 Å². The summed E-state index contributed by atoms with van der Waals surface area (Å²) in [4.78, 5) is 21.1. The molecule has 6 heterocycles. The number of aromatic nitrogens is 6. The summed E-state index contributed by atoms with van der Waals surface area (Å²) in [5.74, 6) is 2.77. The van der Waals surface area contributed by atoms with E-state index in [1.165, 1.54) is 47.8 Å². The molecular weight excluding hydrogens is 725 g/mol. The number of fused-ring (bicyclic) bond motifs is 15. The highest BCUT2D eigenvalue weighted by atomic mass is 32.2. The molecule has 0 saturated carbocycles. The van der Waals surface area contributed by atoms with Crippen LogP contribution in [0.5, 0.6) is 0 Å². The molecule has 1 aliphatic heterocycles. The molecule has 3 aliphatic carbocycles. The van der Waals surface area contributed by atoms with Crippen molar-refractivity contribution in [1.29, 1.82) is 0 Å². The average molecular weight is 757 g/mol. The lowest BCUT2D eigenvalue weighted by atomic mass is 9.80. The molecule has 0 N–H and O–H groups in total. The van der Waals surface area contributed by atoms with Crippen molar-refractivity contribution in [2.24, 2.45) is 11.8 Å². The molecule has 1 fully saturated rings. The van der Waals surface area contributed by atoms with E-state index in [2.05, 4.69) is 148 Å². The lowest BCUT2D eigenvalue weighted by Crippen LogP contribution is -2.18. The predicted octanol–water partition coefficient (Wildman–Crippen LogP) is 11.8. The first-order chi connectivity index (χ1) is 27.8. The molecule has 0 spiro atoms. The van der Waals surface area contributed by atoms with Gasteiger partial charge in [-0.3, -0.25) is 14.1 Å². The molecule has 13 rings (SSSR count). The molecule has 4 aliphatic rings. The highest BCUT2D eigenvalue weighted by Gasteiger charge is 2.45. The second-order valence-electron chi connectivity index (χ2n) is 15.2. The van der Waals surface area contributed by atoms with E-state index in [1.54, 1.807) is 0 Å². The second-order valence-corrected chi connectivity index (χ2v) is 17.6. The van der Waals surface area contributed by atoms with Crippen LogP contribution in [0.2, 0.25) is 0 Å². The van der Waals surface area contributed by atoms with Crippen molar-refractivity contribution in [3.8, 4) is 23.3 Å². The number of pyridine rings is 1. The van der Waals surface area contributed by atoms with Crippen LogP contribution in [-0.4, -0.2) is 34.3 Å². The van der Waals surface area contributed by atoms with Crippen LogP contribution in [-0.2, 0) is 6.42 Å². The van der Waals surface area contributed by atoms with E-state index in [1.807, 2.05) is 29.7 Å². The molecular formula is C48H32N6S2. The predicted molar refractivity (Wildman–Crippen MR) is 233 cm³/mol. The Morgan fingerprint density at radius 2 is 1.54 bits per heavy atom. The maximum Gasteiger partial charge on any atom is 0.240 e. The number of thiophene rings is 1. The van der Waals surface area contributed by atoms with Crippen LogP contribution in [0, 0.1) is 11.8 Å². The molecule has 0 bridgehead atoms. The topological polar surface area (TPSA) is 61.4 Å². The standard InChI is InChI=1S/C48H32N6S2/c1-6-16-35-27(11-1)25-28(26-49-35)46-50-47(53-36-17-7-2-14-33(36)42-38(53)23-21-31-29-12-4-9-19-40(29)55-44(31)42)52-48(51-46)54-37-18-8-3-15-34(37)43-39(54)24-22-32-30-13-5-10-20-41(30)56-45(32)43/h1-7,9-17,19-26,29,31,40,44H,8,18H2. The van der Waals surface area contributed by atoms with Gasteiger partial charge in [-0.15, -0.1) is 23.1 Å². The van der Waals surface area contributed by atoms with Crippen LogP contribution in [0.15, 0.2) is 134 Å². The minimum atomic E-state index is 0.338. The molecule has 56 heavy (non-hydrogen) atoms. The molecule has 4 atom stereocenters. The summed E-state index contributed by atoms with van der Waals surface area (Å²) in [6.45, 7) is 0. The van der Waals surface area contributed by atoms with Gasteiger partial charge >= 0.3 is 0 Å². The molecule has 6 nitrogen and oxygen atoms in total. The zero-order valence-electron chi connectivity index (χ0n) is 30.1. The number of benzene rings is 4. The molecule has 4 aromatic carbocycles. The highest BCUT2D eigenvalue weighted by molar-refractivity contribution is 8.00. The Morgan fingerprint density at radius 1 is 0.696 bits per heavy atom. The molecule has 9 aromatic rings. The normalized spacial score (nSPS) is 20.7. The second kappa shape index (κ2) is 11.7. The summed E-state index contributed by atoms with van der Waals surface area (Å²) in [6.07, 6.45) is 22.4. The van der Waals surface area contributed by atoms with E-state index in [4.69, 9.17) is 19.9 Å². The molecule has 1 saturated heterocycles. The van der Waals surface area contributed by atoms with Crippen molar-refractivity contribution < 1.29 is 0 Å². The van der Waals surface area contributed by atoms with Crippen LogP contribution in [0.25, 0.3) is 88.3 Å². The first-order valence-corrected chi connectivity index (χ1v) is 21.1. The summed E-state index contributed by atoms with van der Waals surface area (Å²) in [5.41, 5.74) is 9.07. The Hall–Kier alpha value is -6.09. The first kappa shape index (κ1) is 31.2. The summed E-state index contributed by atoms with van der Waals surface area (Å²) in [5, 5.41) is 6.99. The Balaban J connectivity index is 1.10. The zero-order chi connectivity index (χ0) is 36.5. The third-order valence-corrected chi connectivity index (χ3v) is 15.1. The maximum atomic E-state index is 5.50. The van der Waals surface area contributed by atoms with Gasteiger partial charge in [-0.1, -0.05) is 103 Å². The number of rotatable bonds is 3. The third kappa shape index (κ3) is 4.34. The van der Waals surface area contributed by atoms with Gasteiger partial charge in [0.25, 0.3) is 0 Å². The average Bonchev–Trinajstić information content (AvgIpc) is 4.00. The van der Waals surface area contributed by atoms with E-state index >= 15 is 0 Å². The van der Waals surface area contributed by atoms with Crippen LogP contribution >= 0.6 is 23.1 Å². The van der Waals surface area contributed by atoms with Crippen molar-refractivity contribution in [2.45, 2.75) is 23.3 Å². The quantitative estimate of drug-likeness (QED) is 0.180. The van der Waals surface area contributed by atoms with Crippen molar-refractivity contribution in [3.05, 3.63) is 156 Å². The summed E-state index contributed by atoms with van der Waals surface area (Å²) in [6, 6.07) is 32.5. The minimum absolute atomic E-state index is 0.338. The van der Waals surface area contributed by atoms with Gasteiger partial charge in [-0.2, -0.15) is 15.0 Å². The van der Waals surface area contributed by atoms with Crippen LogP contribution < -0.4 is 0 Å². The van der Waals surface area contributed by atoms with Crippen LogP contribution in [0.3, 0.4) is 0 Å². The van der Waals surface area contributed by atoms with Gasteiger partial charge in [0.05, 0.1) is 22.2 Å². The molecule has 0 amide bonds. The van der Waals surface area contributed by atoms with Crippen molar-refractivity contribution in [1.82, 2.24) is 29.1 Å². The van der Waals surface area contributed by atoms with E-state index in [9.17, 15) is 0 Å². The highest BCUT2D eigenvalue weighted by Crippen LogP contribution is 2.59. The van der Waals surface area contributed by atoms with Gasteiger partial charge in [0.2, 0.25) is 11.9 Å². The van der Waals surface area contributed by atoms with Gasteiger partial charge in [-0.05, 0) is 54.8 Å². The lowest BCUT2D eigenvalue weighted by molar-refractivity contribution is 0.506. The SMILES string of the molecule is C1=CC2SC3c4c(n(-c5nc(-c6cnc7ccccc7c6)nc(-n6c7c(c8c9sc%10ccccc%10c9ccc86)C=CCC7)n5)c5ccccc45)C=CC3C2C=C1. The number of hydrogen-bond acceptors (Lipinski definition) is 6. The van der Waals surface area contributed by atoms with Gasteiger partial charge in [0, 0.05) is 81.7 Å². The van der Waals surface area contributed by atoms with Crippen LogP contribution in [0.1, 0.15) is 34.2 Å². The first-order valence-electron chi connectivity index (χ1n) is 19.3. The molecule has 4 unspecified atom stereocenters. The van der Waals surface area contributed by atoms with Gasteiger partial charge in [0.1, 0.15) is 0 Å². The zero-order valence-corrected chi connectivity index (χ0v) is 31.7. The molecule has 8 heteroatoms. The number of allylic oxidation sites excluding steroid dienone is 5. The van der Waals surface area contributed by atoms with E-state index < -0.39 is 0 Å². The summed E-state index contributed by atoms with van der Waals surface area (Å²) in [7, 11) is 0. The van der Waals surface area contributed by atoms with Crippen LogP contribution in [0.4, 0.5) is 0 Å². The molecule has 0 radical (unpaired) electrons. The smallest absolute Gasteiger partial charge is 0.240 e. The Bertz CT molecular complexity index is 3280. The Kier molecular flexibility index (Phi) is 6.51. The number of nitrogens with zero attached hydrogens (tertiary/aromatic N) is 6. The monoisotopic (exact) mass is 756 g/mol. The van der Waals surface area contributed by atoms with E-state index in [-0.39, 0.29) is 0 Å². The number of para-hydroxylation sites is 2. The maximum absolute atomic E-state index is 5.50. The van der Waals surface area contributed by atoms with Crippen molar-refractivity contribution >= 4 is 88.1 Å². The lowest BCUT2D eigenvalue weighted by Gasteiger charge is -2.24. The van der Waals surface area contributed by atoms with Crippen molar-refractivity contribution in [3.63, 3.8) is 0 Å². The van der Waals surface area contributed by atoms with E-state index in [0.717, 1.165) is 46.0 Å². The summed E-state index contributed by atoms with van der Waals surface area (Å²) >= 11 is 3.97. The fourth-order valence-electron chi connectivity index (χ4n) is 9.79. The number of thioether (sulfide) groups is 1. The summed E-state index contributed by atoms with van der Waals surface area (Å²) < 4.78 is 7.22. The Morgan fingerprint density at radius 3 is 2.50 bits per heavy atom. The third-order valence-electron chi connectivity index (χ3n) is 12.2. The fraction of sp³-hybridized carbons (Fsp3) is 0.125. The van der Waals surface area contributed by atoms with Gasteiger partial charge < -0.3 is 0 Å². The fourth-order valence-corrected chi connectivity index (χ4v) is 12.9. The molecule has 266 valence electrons. The van der Waals surface area contributed by atoms with Gasteiger partial charge in [-0.25, -0.2) is 0 Å². The Labute approximate surface area is 330 Å². The minimum Gasteiger partial charge on any atom is -0.281 e. The number of hydrogen-bond donors (Lipinski definition) is 0.